The van der Waals surface area contributed by atoms with E-state index in [0.29, 0.717) is 0 Å². The van der Waals surface area contributed by atoms with Crippen LogP contribution in [0.1, 0.15) is 19.2 Å². The second kappa shape index (κ2) is 7.62. The first-order valence-electron chi connectivity index (χ1n) is 7.41. The first-order valence-corrected chi connectivity index (χ1v) is 7.41. The summed E-state index contributed by atoms with van der Waals surface area (Å²) in [6, 6.07) is 0. The van der Waals surface area contributed by atoms with Crippen LogP contribution in [0.5, 0.6) is 0 Å². The van der Waals surface area contributed by atoms with Crippen molar-refractivity contribution in [2.45, 2.75) is 26.4 Å². The molecule has 0 bridgehead atoms. The van der Waals surface area contributed by atoms with Crippen molar-refractivity contribution >= 4 is 0 Å². The molecule has 0 unspecified atom stereocenters. The Balaban J connectivity index is 1.62. The van der Waals surface area contributed by atoms with Gasteiger partial charge in [0.2, 0.25) is 0 Å². The molecule has 2 heterocycles. The maximum atomic E-state index is 4.41. The molecule has 1 aromatic heterocycles. The lowest BCUT2D eigenvalue weighted by atomic mass is 10.3. The Morgan fingerprint density at radius 3 is 2.74 bits per heavy atom. The number of aryl methyl sites for hydroxylation is 1. The van der Waals surface area contributed by atoms with E-state index in [-0.39, 0.29) is 0 Å². The van der Waals surface area contributed by atoms with Crippen LogP contribution in [-0.2, 0) is 13.1 Å². The van der Waals surface area contributed by atoms with Crippen LogP contribution in [0.2, 0.25) is 0 Å². The lowest BCUT2D eigenvalue weighted by molar-refractivity contribution is 0.154. The van der Waals surface area contributed by atoms with Crippen LogP contribution in [0.15, 0.2) is 12.4 Å². The standard InChI is InChI=1S/C14H27N5/c1-3-6-19-8-5-16-14(19)13-15-4-7-18-11-9-17(2)10-12-18/h5,8,15H,3-4,6-7,9-13H2,1-2H3. The third-order valence-corrected chi connectivity index (χ3v) is 3.75. The Bertz CT molecular complexity index is 354. The number of piperazine rings is 1. The Labute approximate surface area is 116 Å². The summed E-state index contributed by atoms with van der Waals surface area (Å²) in [6.45, 7) is 11.1. The van der Waals surface area contributed by atoms with Crippen molar-refractivity contribution in [3.8, 4) is 0 Å². The van der Waals surface area contributed by atoms with E-state index in [1.807, 2.05) is 6.20 Å². The average Bonchev–Trinajstić information content (AvgIpc) is 2.85. The van der Waals surface area contributed by atoms with E-state index >= 15 is 0 Å². The molecule has 0 saturated carbocycles. The zero-order chi connectivity index (χ0) is 13.5. The summed E-state index contributed by atoms with van der Waals surface area (Å²) in [7, 11) is 2.20. The molecule has 1 fully saturated rings. The summed E-state index contributed by atoms with van der Waals surface area (Å²) in [5.74, 6) is 1.15. The number of hydrogen-bond acceptors (Lipinski definition) is 4. The minimum atomic E-state index is 0.876. The highest BCUT2D eigenvalue weighted by Crippen LogP contribution is 2.00. The predicted molar refractivity (Wildman–Crippen MR) is 78.2 cm³/mol. The summed E-state index contributed by atoms with van der Waals surface area (Å²) in [6.07, 6.45) is 5.12. The first-order chi connectivity index (χ1) is 9.29. The summed E-state index contributed by atoms with van der Waals surface area (Å²) in [5, 5.41) is 3.51. The highest BCUT2D eigenvalue weighted by molar-refractivity contribution is 4.91. The van der Waals surface area contributed by atoms with Crippen molar-refractivity contribution in [1.82, 2.24) is 24.7 Å². The molecule has 108 valence electrons. The number of imidazole rings is 1. The van der Waals surface area contributed by atoms with Crippen LogP contribution in [-0.4, -0.2) is 65.7 Å². The highest BCUT2D eigenvalue weighted by atomic mass is 15.2. The molecule has 5 heteroatoms. The third kappa shape index (κ3) is 4.60. The van der Waals surface area contributed by atoms with E-state index < -0.39 is 0 Å². The maximum absolute atomic E-state index is 4.41. The molecule has 0 radical (unpaired) electrons. The van der Waals surface area contributed by atoms with Crippen molar-refractivity contribution in [3.63, 3.8) is 0 Å². The molecule has 0 aromatic carbocycles. The molecule has 2 rings (SSSR count). The topological polar surface area (TPSA) is 36.3 Å². The molecule has 1 aliphatic rings. The fraction of sp³-hybridized carbons (Fsp3) is 0.786. The summed E-state index contributed by atoms with van der Waals surface area (Å²) >= 11 is 0. The van der Waals surface area contributed by atoms with E-state index in [1.165, 1.54) is 26.2 Å². The smallest absolute Gasteiger partial charge is 0.122 e. The van der Waals surface area contributed by atoms with Crippen LogP contribution in [0.25, 0.3) is 0 Å². The van der Waals surface area contributed by atoms with Gasteiger partial charge in [-0.2, -0.15) is 0 Å². The molecule has 0 spiro atoms. The van der Waals surface area contributed by atoms with E-state index in [2.05, 4.69) is 44.8 Å². The van der Waals surface area contributed by atoms with E-state index in [1.54, 1.807) is 0 Å². The Morgan fingerprint density at radius 2 is 2.00 bits per heavy atom. The fourth-order valence-electron chi connectivity index (χ4n) is 2.46. The van der Waals surface area contributed by atoms with Gasteiger partial charge in [-0.3, -0.25) is 4.90 Å². The molecule has 0 aliphatic carbocycles. The van der Waals surface area contributed by atoms with Crippen molar-refractivity contribution in [1.29, 1.82) is 0 Å². The number of likely N-dealkylation sites (N-methyl/N-ethyl adjacent to an activating group) is 1. The van der Waals surface area contributed by atoms with Gasteiger partial charge in [-0.25, -0.2) is 4.98 Å². The molecular weight excluding hydrogens is 238 g/mol. The average molecular weight is 265 g/mol. The van der Waals surface area contributed by atoms with Crippen molar-refractivity contribution in [2.24, 2.45) is 0 Å². The number of nitrogens with zero attached hydrogens (tertiary/aromatic N) is 4. The highest BCUT2D eigenvalue weighted by Gasteiger charge is 2.12. The third-order valence-electron chi connectivity index (χ3n) is 3.75. The van der Waals surface area contributed by atoms with Crippen molar-refractivity contribution < 1.29 is 0 Å². The Hall–Kier alpha value is -0.910. The summed E-state index contributed by atoms with van der Waals surface area (Å²) < 4.78 is 2.24. The summed E-state index contributed by atoms with van der Waals surface area (Å²) in [4.78, 5) is 9.34. The van der Waals surface area contributed by atoms with Gasteiger partial charge in [0.1, 0.15) is 5.82 Å². The maximum Gasteiger partial charge on any atom is 0.122 e. The number of aromatic nitrogens is 2. The minimum Gasteiger partial charge on any atom is -0.334 e. The first kappa shape index (κ1) is 14.5. The molecule has 1 saturated heterocycles. The molecular formula is C14H27N5. The number of rotatable bonds is 7. The predicted octanol–water partition coefficient (Wildman–Crippen LogP) is 0.630. The van der Waals surface area contributed by atoms with Gasteiger partial charge >= 0.3 is 0 Å². The van der Waals surface area contributed by atoms with E-state index in [9.17, 15) is 0 Å². The lowest BCUT2D eigenvalue weighted by Gasteiger charge is -2.32. The van der Waals surface area contributed by atoms with Gasteiger partial charge in [0, 0.05) is 58.2 Å². The van der Waals surface area contributed by atoms with Crippen molar-refractivity contribution in [2.75, 3.05) is 46.3 Å². The number of nitrogens with one attached hydrogen (secondary N) is 1. The molecule has 0 atom stereocenters. The molecule has 5 nitrogen and oxygen atoms in total. The SMILES string of the molecule is CCCn1ccnc1CNCCN1CCN(C)CC1. The zero-order valence-electron chi connectivity index (χ0n) is 12.3. The molecule has 1 N–H and O–H groups in total. The quantitative estimate of drug-likeness (QED) is 0.734. The van der Waals surface area contributed by atoms with Crippen LogP contribution >= 0.6 is 0 Å². The van der Waals surface area contributed by atoms with Gasteiger partial charge in [-0.1, -0.05) is 6.92 Å². The van der Waals surface area contributed by atoms with Crippen LogP contribution < -0.4 is 5.32 Å². The molecule has 19 heavy (non-hydrogen) atoms. The van der Waals surface area contributed by atoms with E-state index in [4.69, 9.17) is 0 Å². The fourth-order valence-corrected chi connectivity index (χ4v) is 2.46. The van der Waals surface area contributed by atoms with Gasteiger partial charge in [-0.15, -0.1) is 0 Å². The summed E-state index contributed by atoms with van der Waals surface area (Å²) in [5.41, 5.74) is 0. The Morgan fingerprint density at radius 1 is 1.21 bits per heavy atom. The second-order valence-corrected chi connectivity index (χ2v) is 5.36. The Kier molecular flexibility index (Phi) is 5.82. The lowest BCUT2D eigenvalue weighted by Crippen LogP contribution is -2.46. The van der Waals surface area contributed by atoms with Crippen LogP contribution in [0, 0.1) is 0 Å². The van der Waals surface area contributed by atoms with Gasteiger partial charge < -0.3 is 14.8 Å². The molecule has 1 aromatic rings. The van der Waals surface area contributed by atoms with Crippen LogP contribution in [0.4, 0.5) is 0 Å². The minimum absolute atomic E-state index is 0.876. The van der Waals surface area contributed by atoms with Gasteiger partial charge in [0.25, 0.3) is 0 Å². The molecule has 1 aliphatic heterocycles. The van der Waals surface area contributed by atoms with Crippen LogP contribution in [0.3, 0.4) is 0 Å². The van der Waals surface area contributed by atoms with Crippen molar-refractivity contribution in [3.05, 3.63) is 18.2 Å². The van der Waals surface area contributed by atoms with Gasteiger partial charge in [0.15, 0.2) is 0 Å². The number of hydrogen-bond donors (Lipinski definition) is 1. The molecule has 0 amide bonds. The van der Waals surface area contributed by atoms with Gasteiger partial charge in [0.05, 0.1) is 6.54 Å². The van der Waals surface area contributed by atoms with E-state index in [0.717, 1.165) is 38.4 Å². The largest absolute Gasteiger partial charge is 0.334 e. The zero-order valence-corrected chi connectivity index (χ0v) is 12.3. The second-order valence-electron chi connectivity index (χ2n) is 5.36. The normalized spacial score (nSPS) is 18.0. The monoisotopic (exact) mass is 265 g/mol. The van der Waals surface area contributed by atoms with Gasteiger partial charge in [-0.05, 0) is 13.5 Å².